The number of fused-ring (bicyclic) bond motifs is 1. The third-order valence-electron chi connectivity index (χ3n) is 4.07. The van der Waals surface area contributed by atoms with Crippen molar-refractivity contribution in [3.05, 3.63) is 54.7 Å². The maximum atomic E-state index is 12.1. The number of hydrogen-bond acceptors (Lipinski definition) is 7. The van der Waals surface area contributed by atoms with E-state index in [-0.39, 0.29) is 18.4 Å². The van der Waals surface area contributed by atoms with Crippen molar-refractivity contribution in [2.24, 2.45) is 0 Å². The molecule has 1 aromatic carbocycles. The molecule has 0 bridgehead atoms. The van der Waals surface area contributed by atoms with Gasteiger partial charge in [0.15, 0.2) is 11.5 Å². The molecular formula is C19H18N4O4. The average molecular weight is 366 g/mol. The fourth-order valence-electron chi connectivity index (χ4n) is 2.67. The second-order valence-electron chi connectivity index (χ2n) is 6.05. The van der Waals surface area contributed by atoms with Crippen LogP contribution in [0.1, 0.15) is 12.3 Å². The maximum Gasteiger partial charge on any atom is 0.227 e. The summed E-state index contributed by atoms with van der Waals surface area (Å²) in [6.07, 6.45) is 3.73. The molecule has 0 aliphatic carbocycles. The van der Waals surface area contributed by atoms with E-state index in [1.807, 2.05) is 24.3 Å². The summed E-state index contributed by atoms with van der Waals surface area (Å²) in [4.78, 5) is 20.3. The minimum Gasteiger partial charge on any atom is -0.486 e. The number of nitrogens with zero attached hydrogens (tertiary/aromatic N) is 3. The fourth-order valence-corrected chi connectivity index (χ4v) is 2.67. The lowest BCUT2D eigenvalue weighted by atomic mass is 10.2. The number of carbonyl (C=O) groups is 1. The lowest BCUT2D eigenvalue weighted by molar-refractivity contribution is -0.121. The predicted octanol–water partition coefficient (Wildman–Crippen LogP) is 2.02. The molecule has 0 radical (unpaired) electrons. The molecular weight excluding hydrogens is 348 g/mol. The number of pyridine rings is 1. The van der Waals surface area contributed by atoms with Gasteiger partial charge in [-0.05, 0) is 24.3 Å². The number of ether oxygens (including phenoxy) is 2. The Bertz CT molecular complexity index is 913. The molecule has 1 atom stereocenters. The third-order valence-corrected chi connectivity index (χ3v) is 4.07. The van der Waals surface area contributed by atoms with Gasteiger partial charge in [0.05, 0.1) is 6.54 Å². The van der Waals surface area contributed by atoms with Crippen LogP contribution in [0.3, 0.4) is 0 Å². The molecule has 8 heteroatoms. The Morgan fingerprint density at radius 2 is 1.96 bits per heavy atom. The van der Waals surface area contributed by atoms with Crippen LogP contribution in [-0.4, -0.2) is 40.3 Å². The van der Waals surface area contributed by atoms with E-state index in [9.17, 15) is 4.79 Å². The Hall–Kier alpha value is -3.42. The number of aryl methyl sites for hydroxylation is 1. The van der Waals surface area contributed by atoms with Gasteiger partial charge in [-0.15, -0.1) is 0 Å². The van der Waals surface area contributed by atoms with Crippen molar-refractivity contribution in [3.63, 3.8) is 0 Å². The lowest BCUT2D eigenvalue weighted by Crippen LogP contribution is -2.40. The molecule has 1 aliphatic rings. The van der Waals surface area contributed by atoms with Crippen LogP contribution in [0.25, 0.3) is 11.4 Å². The average Bonchev–Trinajstić information content (AvgIpc) is 3.20. The Labute approximate surface area is 155 Å². The quantitative estimate of drug-likeness (QED) is 0.712. The van der Waals surface area contributed by atoms with Gasteiger partial charge < -0.3 is 19.3 Å². The highest BCUT2D eigenvalue weighted by molar-refractivity contribution is 5.76. The van der Waals surface area contributed by atoms with Crippen molar-refractivity contribution in [1.82, 2.24) is 20.4 Å². The number of benzene rings is 1. The SMILES string of the molecule is O=C(CCc1nc(-c2ccncc2)no1)NCC1COc2ccccc2O1. The molecule has 1 amide bonds. The summed E-state index contributed by atoms with van der Waals surface area (Å²) in [6.45, 7) is 0.773. The Kier molecular flexibility index (Phi) is 4.95. The lowest BCUT2D eigenvalue weighted by Gasteiger charge is -2.26. The highest BCUT2D eigenvalue weighted by Gasteiger charge is 2.21. The molecule has 1 N–H and O–H groups in total. The van der Waals surface area contributed by atoms with Gasteiger partial charge in [0.1, 0.15) is 12.7 Å². The first-order valence-corrected chi connectivity index (χ1v) is 8.66. The minimum absolute atomic E-state index is 0.110. The molecule has 0 saturated carbocycles. The van der Waals surface area contributed by atoms with Gasteiger partial charge >= 0.3 is 0 Å². The molecule has 0 fully saturated rings. The molecule has 1 unspecified atom stereocenters. The second-order valence-corrected chi connectivity index (χ2v) is 6.05. The third kappa shape index (κ3) is 4.22. The Morgan fingerprint density at radius 1 is 1.15 bits per heavy atom. The minimum atomic E-state index is -0.217. The van der Waals surface area contributed by atoms with Crippen molar-refractivity contribution in [3.8, 4) is 22.9 Å². The number of amides is 1. The van der Waals surface area contributed by atoms with Crippen molar-refractivity contribution in [2.75, 3.05) is 13.2 Å². The predicted molar refractivity (Wildman–Crippen MR) is 95.2 cm³/mol. The Balaban J connectivity index is 1.23. The summed E-state index contributed by atoms with van der Waals surface area (Å²) >= 11 is 0. The van der Waals surface area contributed by atoms with E-state index < -0.39 is 0 Å². The first kappa shape index (κ1) is 17.0. The molecule has 8 nitrogen and oxygen atoms in total. The zero-order valence-corrected chi connectivity index (χ0v) is 14.5. The molecule has 3 heterocycles. The van der Waals surface area contributed by atoms with Crippen LogP contribution < -0.4 is 14.8 Å². The highest BCUT2D eigenvalue weighted by atomic mass is 16.6. The summed E-state index contributed by atoms with van der Waals surface area (Å²) in [5.74, 6) is 2.21. The first-order chi connectivity index (χ1) is 13.3. The van der Waals surface area contributed by atoms with E-state index in [1.165, 1.54) is 0 Å². The van der Waals surface area contributed by atoms with Crippen LogP contribution in [0.5, 0.6) is 11.5 Å². The van der Waals surface area contributed by atoms with Gasteiger partial charge in [0, 0.05) is 30.8 Å². The van der Waals surface area contributed by atoms with Gasteiger partial charge in [-0.1, -0.05) is 17.3 Å². The first-order valence-electron chi connectivity index (χ1n) is 8.66. The van der Waals surface area contributed by atoms with Gasteiger partial charge in [-0.25, -0.2) is 0 Å². The van der Waals surface area contributed by atoms with Gasteiger partial charge in [-0.3, -0.25) is 9.78 Å². The van der Waals surface area contributed by atoms with Crippen LogP contribution in [0.4, 0.5) is 0 Å². The summed E-state index contributed by atoms with van der Waals surface area (Å²) in [5, 5.41) is 6.77. The van der Waals surface area contributed by atoms with Crippen molar-refractivity contribution in [1.29, 1.82) is 0 Å². The topological polar surface area (TPSA) is 99.4 Å². The molecule has 0 spiro atoms. The largest absolute Gasteiger partial charge is 0.486 e. The molecule has 27 heavy (non-hydrogen) atoms. The van der Waals surface area contributed by atoms with E-state index >= 15 is 0 Å². The monoisotopic (exact) mass is 366 g/mol. The van der Waals surface area contributed by atoms with E-state index in [1.54, 1.807) is 24.5 Å². The van der Waals surface area contributed by atoms with Gasteiger partial charge in [0.25, 0.3) is 0 Å². The van der Waals surface area contributed by atoms with E-state index in [2.05, 4.69) is 20.4 Å². The summed E-state index contributed by atoms with van der Waals surface area (Å²) < 4.78 is 16.6. The number of carbonyl (C=O) groups excluding carboxylic acids is 1. The van der Waals surface area contributed by atoms with E-state index in [4.69, 9.17) is 14.0 Å². The molecule has 0 saturated heterocycles. The second kappa shape index (κ2) is 7.86. The number of nitrogens with one attached hydrogen (secondary N) is 1. The smallest absolute Gasteiger partial charge is 0.227 e. The van der Waals surface area contributed by atoms with Gasteiger partial charge in [0.2, 0.25) is 17.6 Å². The van der Waals surface area contributed by atoms with Crippen LogP contribution in [0.2, 0.25) is 0 Å². The van der Waals surface area contributed by atoms with E-state index in [0.717, 1.165) is 11.3 Å². The standard InChI is InChI=1S/C19H18N4O4/c24-17(21-11-14-12-25-15-3-1-2-4-16(15)26-14)5-6-18-22-19(23-27-18)13-7-9-20-10-8-13/h1-4,7-10,14H,5-6,11-12H2,(H,21,24). The number of aromatic nitrogens is 3. The summed E-state index contributed by atoms with van der Waals surface area (Å²) in [7, 11) is 0. The van der Waals surface area contributed by atoms with Gasteiger partial charge in [-0.2, -0.15) is 4.98 Å². The Morgan fingerprint density at radius 3 is 2.81 bits per heavy atom. The van der Waals surface area contributed by atoms with Crippen molar-refractivity contribution >= 4 is 5.91 Å². The summed E-state index contributed by atoms with van der Waals surface area (Å²) in [6, 6.07) is 11.1. The zero-order chi connectivity index (χ0) is 18.5. The zero-order valence-electron chi connectivity index (χ0n) is 14.5. The maximum absolute atomic E-state index is 12.1. The molecule has 1 aliphatic heterocycles. The number of para-hydroxylation sites is 2. The normalized spacial score (nSPS) is 15.3. The van der Waals surface area contributed by atoms with E-state index in [0.29, 0.717) is 37.0 Å². The van der Waals surface area contributed by atoms with Crippen molar-refractivity contribution < 1.29 is 18.8 Å². The summed E-state index contributed by atoms with van der Waals surface area (Å²) in [5.41, 5.74) is 0.819. The van der Waals surface area contributed by atoms with Crippen LogP contribution in [-0.2, 0) is 11.2 Å². The number of rotatable bonds is 6. The van der Waals surface area contributed by atoms with Crippen LogP contribution in [0.15, 0.2) is 53.3 Å². The molecule has 138 valence electrons. The van der Waals surface area contributed by atoms with Crippen LogP contribution >= 0.6 is 0 Å². The highest BCUT2D eigenvalue weighted by Crippen LogP contribution is 2.30. The molecule has 4 rings (SSSR count). The molecule has 3 aromatic rings. The molecule has 2 aromatic heterocycles. The van der Waals surface area contributed by atoms with Crippen LogP contribution in [0, 0.1) is 0 Å². The number of hydrogen-bond donors (Lipinski definition) is 1. The van der Waals surface area contributed by atoms with Crippen molar-refractivity contribution in [2.45, 2.75) is 18.9 Å². The fraction of sp³-hybridized carbons (Fsp3) is 0.263.